The molecule has 0 aliphatic heterocycles. The van der Waals surface area contributed by atoms with Crippen molar-refractivity contribution in [2.24, 2.45) is 5.92 Å². The van der Waals surface area contributed by atoms with Crippen LogP contribution in [0, 0.1) is 5.92 Å². The molecule has 1 amide bonds. The molecule has 0 bridgehead atoms. The molecule has 0 aliphatic rings. The summed E-state index contributed by atoms with van der Waals surface area (Å²) in [6.07, 6.45) is 0. The Morgan fingerprint density at radius 1 is 1.04 bits per heavy atom. The summed E-state index contributed by atoms with van der Waals surface area (Å²) in [6.45, 7) is 4.83. The summed E-state index contributed by atoms with van der Waals surface area (Å²) in [5, 5.41) is 3.89. The van der Waals surface area contributed by atoms with Crippen LogP contribution in [0.4, 0.5) is 0 Å². The molecular weight excluding hydrogens is 284 g/mol. The molecule has 0 aliphatic carbocycles. The number of para-hydroxylation sites is 1. The third-order valence-electron chi connectivity index (χ3n) is 3.70. The van der Waals surface area contributed by atoms with Crippen LogP contribution in [0.5, 0.6) is 0 Å². The van der Waals surface area contributed by atoms with E-state index in [0.717, 1.165) is 22.2 Å². The minimum Gasteiger partial charge on any atom is -0.352 e. The lowest BCUT2D eigenvalue weighted by Crippen LogP contribution is -2.27. The monoisotopic (exact) mass is 304 g/mol. The number of hydrogen-bond donors (Lipinski definition) is 1. The van der Waals surface area contributed by atoms with Gasteiger partial charge in [0.25, 0.3) is 5.91 Å². The van der Waals surface area contributed by atoms with Gasteiger partial charge in [0.1, 0.15) is 0 Å². The molecule has 0 spiro atoms. The van der Waals surface area contributed by atoms with Crippen molar-refractivity contribution in [3.8, 4) is 11.3 Å². The molecule has 1 N–H and O–H groups in total. The maximum absolute atomic E-state index is 12.6. The molecule has 2 aromatic carbocycles. The first kappa shape index (κ1) is 15.2. The summed E-state index contributed by atoms with van der Waals surface area (Å²) in [5.74, 6) is 0.370. The number of fused-ring (bicyclic) bond motifs is 1. The van der Waals surface area contributed by atoms with Gasteiger partial charge >= 0.3 is 0 Å². The van der Waals surface area contributed by atoms with Gasteiger partial charge in [-0.2, -0.15) is 0 Å². The van der Waals surface area contributed by atoms with Gasteiger partial charge in [-0.1, -0.05) is 62.4 Å². The van der Waals surface area contributed by atoms with Gasteiger partial charge in [-0.15, -0.1) is 0 Å². The standard InChI is InChI=1S/C20H20N2O/c1-14(2)13-21-20(23)17-12-19(15-8-4-3-5-9-15)22-18-11-7-6-10-16(17)18/h3-12,14H,13H2,1-2H3,(H,21,23). The van der Waals surface area contributed by atoms with E-state index in [1.54, 1.807) is 0 Å². The smallest absolute Gasteiger partial charge is 0.252 e. The Kier molecular flexibility index (Phi) is 4.38. The first-order valence-electron chi connectivity index (χ1n) is 7.88. The molecule has 3 aromatic rings. The third kappa shape index (κ3) is 3.39. The van der Waals surface area contributed by atoms with E-state index in [0.29, 0.717) is 18.0 Å². The van der Waals surface area contributed by atoms with Gasteiger partial charge in [0.2, 0.25) is 0 Å². The number of carbonyl (C=O) groups is 1. The zero-order valence-corrected chi connectivity index (χ0v) is 13.4. The van der Waals surface area contributed by atoms with Crippen molar-refractivity contribution in [2.75, 3.05) is 6.54 Å². The summed E-state index contributed by atoms with van der Waals surface area (Å²) >= 11 is 0. The fourth-order valence-corrected chi connectivity index (χ4v) is 2.51. The van der Waals surface area contributed by atoms with Crippen LogP contribution in [0.3, 0.4) is 0 Å². The Hall–Kier alpha value is -2.68. The molecule has 1 heterocycles. The quantitative estimate of drug-likeness (QED) is 0.781. The fraction of sp³-hybridized carbons (Fsp3) is 0.200. The van der Waals surface area contributed by atoms with Crippen molar-refractivity contribution in [2.45, 2.75) is 13.8 Å². The molecule has 0 unspecified atom stereocenters. The molecule has 1 aromatic heterocycles. The molecule has 0 atom stereocenters. The third-order valence-corrected chi connectivity index (χ3v) is 3.70. The van der Waals surface area contributed by atoms with Crippen LogP contribution in [-0.4, -0.2) is 17.4 Å². The Bertz CT molecular complexity index is 825. The number of nitrogens with one attached hydrogen (secondary N) is 1. The second-order valence-electron chi connectivity index (χ2n) is 6.04. The van der Waals surface area contributed by atoms with E-state index in [4.69, 9.17) is 4.98 Å². The van der Waals surface area contributed by atoms with Gasteiger partial charge in [-0.3, -0.25) is 4.79 Å². The minimum atomic E-state index is -0.0468. The van der Waals surface area contributed by atoms with Crippen LogP contribution in [0.25, 0.3) is 22.2 Å². The lowest BCUT2D eigenvalue weighted by Gasteiger charge is -2.11. The molecule has 0 radical (unpaired) electrons. The summed E-state index contributed by atoms with van der Waals surface area (Å²) < 4.78 is 0. The first-order chi connectivity index (χ1) is 11.1. The Balaban J connectivity index is 2.09. The summed E-state index contributed by atoms with van der Waals surface area (Å²) in [4.78, 5) is 17.3. The van der Waals surface area contributed by atoms with E-state index in [1.807, 2.05) is 60.7 Å². The van der Waals surface area contributed by atoms with E-state index < -0.39 is 0 Å². The highest BCUT2D eigenvalue weighted by Gasteiger charge is 2.13. The maximum atomic E-state index is 12.6. The van der Waals surface area contributed by atoms with E-state index >= 15 is 0 Å². The number of benzene rings is 2. The van der Waals surface area contributed by atoms with Crippen LogP contribution in [0.1, 0.15) is 24.2 Å². The van der Waals surface area contributed by atoms with Crippen LogP contribution >= 0.6 is 0 Å². The molecular formula is C20H20N2O. The molecule has 116 valence electrons. The average molecular weight is 304 g/mol. The van der Waals surface area contributed by atoms with E-state index in [-0.39, 0.29) is 5.91 Å². The number of amides is 1. The summed E-state index contributed by atoms with van der Waals surface area (Å²) in [6, 6.07) is 19.6. The van der Waals surface area contributed by atoms with Crippen molar-refractivity contribution in [1.29, 1.82) is 0 Å². The van der Waals surface area contributed by atoms with Gasteiger partial charge in [0.15, 0.2) is 0 Å². The van der Waals surface area contributed by atoms with Crippen LogP contribution < -0.4 is 5.32 Å². The molecule has 23 heavy (non-hydrogen) atoms. The van der Waals surface area contributed by atoms with Crippen molar-refractivity contribution in [3.63, 3.8) is 0 Å². The lowest BCUT2D eigenvalue weighted by atomic mass is 10.0. The van der Waals surface area contributed by atoms with Gasteiger partial charge < -0.3 is 5.32 Å². The minimum absolute atomic E-state index is 0.0468. The molecule has 3 heteroatoms. The summed E-state index contributed by atoms with van der Waals surface area (Å²) in [7, 11) is 0. The van der Waals surface area contributed by atoms with E-state index in [1.165, 1.54) is 0 Å². The van der Waals surface area contributed by atoms with E-state index in [2.05, 4.69) is 19.2 Å². The number of aromatic nitrogens is 1. The zero-order chi connectivity index (χ0) is 16.2. The first-order valence-corrected chi connectivity index (χ1v) is 7.88. The Morgan fingerprint density at radius 3 is 2.48 bits per heavy atom. The summed E-state index contributed by atoms with van der Waals surface area (Å²) in [5.41, 5.74) is 3.34. The van der Waals surface area contributed by atoms with Crippen LogP contribution in [0.15, 0.2) is 60.7 Å². The molecule has 3 nitrogen and oxygen atoms in total. The van der Waals surface area contributed by atoms with Crippen molar-refractivity contribution in [3.05, 3.63) is 66.2 Å². The van der Waals surface area contributed by atoms with Crippen molar-refractivity contribution >= 4 is 16.8 Å². The van der Waals surface area contributed by atoms with Gasteiger partial charge in [-0.05, 0) is 18.1 Å². The van der Waals surface area contributed by atoms with Crippen molar-refractivity contribution < 1.29 is 4.79 Å². The van der Waals surface area contributed by atoms with Crippen LogP contribution in [0.2, 0.25) is 0 Å². The zero-order valence-electron chi connectivity index (χ0n) is 13.4. The number of pyridine rings is 1. The van der Waals surface area contributed by atoms with Gasteiger partial charge in [0.05, 0.1) is 16.8 Å². The Labute approximate surface area is 136 Å². The number of carbonyl (C=O) groups excluding carboxylic acids is 1. The predicted octanol–water partition coefficient (Wildman–Crippen LogP) is 4.29. The van der Waals surface area contributed by atoms with Gasteiger partial charge in [0, 0.05) is 17.5 Å². The average Bonchev–Trinajstić information content (AvgIpc) is 2.59. The van der Waals surface area contributed by atoms with Crippen LogP contribution in [-0.2, 0) is 0 Å². The number of rotatable bonds is 4. The van der Waals surface area contributed by atoms with E-state index in [9.17, 15) is 4.79 Å². The fourth-order valence-electron chi connectivity index (χ4n) is 2.51. The largest absolute Gasteiger partial charge is 0.352 e. The van der Waals surface area contributed by atoms with Gasteiger partial charge in [-0.25, -0.2) is 4.98 Å². The molecule has 0 saturated carbocycles. The number of hydrogen-bond acceptors (Lipinski definition) is 2. The maximum Gasteiger partial charge on any atom is 0.252 e. The highest BCUT2D eigenvalue weighted by Crippen LogP contribution is 2.24. The molecule has 3 rings (SSSR count). The normalized spacial score (nSPS) is 10.9. The number of nitrogens with zero attached hydrogens (tertiary/aromatic N) is 1. The second kappa shape index (κ2) is 6.61. The molecule has 0 fully saturated rings. The Morgan fingerprint density at radius 2 is 1.74 bits per heavy atom. The molecule has 0 saturated heterocycles. The topological polar surface area (TPSA) is 42.0 Å². The second-order valence-corrected chi connectivity index (χ2v) is 6.04. The van der Waals surface area contributed by atoms with Crippen molar-refractivity contribution in [1.82, 2.24) is 10.3 Å². The highest BCUT2D eigenvalue weighted by molar-refractivity contribution is 6.07. The predicted molar refractivity (Wildman–Crippen MR) is 94.4 cm³/mol. The highest BCUT2D eigenvalue weighted by atomic mass is 16.1. The lowest BCUT2D eigenvalue weighted by molar-refractivity contribution is 0.0950. The SMILES string of the molecule is CC(C)CNC(=O)c1cc(-c2ccccc2)nc2ccccc12.